The molecule has 18 heavy (non-hydrogen) atoms. The van der Waals surface area contributed by atoms with Crippen molar-refractivity contribution in [3.63, 3.8) is 0 Å². The average molecular weight is 249 g/mol. The lowest BCUT2D eigenvalue weighted by molar-refractivity contribution is 0.108. The summed E-state index contributed by atoms with van der Waals surface area (Å²) in [5, 5.41) is 3.42. The molecule has 0 atom stereocenters. The first-order chi connectivity index (χ1) is 8.80. The molecule has 0 aliphatic carbocycles. The minimum absolute atomic E-state index is 0.171. The molecule has 0 saturated carbocycles. The van der Waals surface area contributed by atoms with Gasteiger partial charge in [0.2, 0.25) is 0 Å². The maximum absolute atomic E-state index is 5.50. The van der Waals surface area contributed by atoms with Gasteiger partial charge in [-0.1, -0.05) is 12.1 Å². The predicted molar refractivity (Wildman–Crippen MR) is 73.3 cm³/mol. The highest BCUT2D eigenvalue weighted by Crippen LogP contribution is 2.34. The van der Waals surface area contributed by atoms with E-state index in [-0.39, 0.29) is 5.41 Å². The summed E-state index contributed by atoms with van der Waals surface area (Å²) in [5.74, 6) is 0.947. The van der Waals surface area contributed by atoms with Crippen molar-refractivity contribution in [2.75, 3.05) is 33.4 Å². The zero-order chi connectivity index (χ0) is 12.8. The van der Waals surface area contributed by atoms with Crippen LogP contribution in [0.4, 0.5) is 0 Å². The van der Waals surface area contributed by atoms with Crippen molar-refractivity contribution in [2.24, 2.45) is 0 Å². The van der Waals surface area contributed by atoms with Gasteiger partial charge >= 0.3 is 0 Å². The van der Waals surface area contributed by atoms with Crippen LogP contribution in [0.3, 0.4) is 0 Å². The van der Waals surface area contributed by atoms with E-state index in [1.807, 2.05) is 6.92 Å². The summed E-state index contributed by atoms with van der Waals surface area (Å²) in [6, 6.07) is 8.52. The number of nitrogens with one attached hydrogen (secondary N) is 1. The molecule has 1 fully saturated rings. The third-order valence-corrected chi connectivity index (χ3v) is 3.76. The average Bonchev–Trinajstić information content (AvgIpc) is 2.41. The van der Waals surface area contributed by atoms with Crippen LogP contribution in [-0.2, 0) is 10.2 Å². The van der Waals surface area contributed by atoms with Crippen LogP contribution < -0.4 is 10.1 Å². The molecule has 1 heterocycles. The van der Waals surface area contributed by atoms with Gasteiger partial charge < -0.3 is 14.8 Å². The fourth-order valence-corrected chi connectivity index (χ4v) is 2.77. The second-order valence-corrected chi connectivity index (χ2v) is 4.92. The molecule has 2 rings (SSSR count). The fraction of sp³-hybridized carbons (Fsp3) is 0.600. The first-order valence-electron chi connectivity index (χ1n) is 6.74. The van der Waals surface area contributed by atoms with E-state index < -0.39 is 0 Å². The minimum Gasteiger partial charge on any atom is -0.494 e. The van der Waals surface area contributed by atoms with Gasteiger partial charge in [0.05, 0.1) is 13.2 Å². The fourth-order valence-electron chi connectivity index (χ4n) is 2.77. The smallest absolute Gasteiger partial charge is 0.119 e. The van der Waals surface area contributed by atoms with Crippen LogP contribution in [0.2, 0.25) is 0 Å². The number of piperidine rings is 1. The highest BCUT2D eigenvalue weighted by molar-refractivity contribution is 5.33. The molecule has 3 nitrogen and oxygen atoms in total. The van der Waals surface area contributed by atoms with Gasteiger partial charge in [-0.15, -0.1) is 0 Å². The van der Waals surface area contributed by atoms with Crippen molar-refractivity contribution < 1.29 is 9.47 Å². The summed E-state index contributed by atoms with van der Waals surface area (Å²) in [4.78, 5) is 0. The van der Waals surface area contributed by atoms with Crippen molar-refractivity contribution in [2.45, 2.75) is 25.2 Å². The first-order valence-corrected chi connectivity index (χ1v) is 6.74. The van der Waals surface area contributed by atoms with Crippen molar-refractivity contribution in [3.8, 4) is 5.75 Å². The Labute approximate surface area is 109 Å². The van der Waals surface area contributed by atoms with Gasteiger partial charge in [0.1, 0.15) is 5.75 Å². The molecule has 0 amide bonds. The van der Waals surface area contributed by atoms with E-state index in [0.717, 1.165) is 38.3 Å². The first kappa shape index (κ1) is 13.4. The molecular formula is C15H23NO2. The lowest BCUT2D eigenvalue weighted by atomic mass is 9.74. The van der Waals surface area contributed by atoms with E-state index in [1.165, 1.54) is 5.56 Å². The molecule has 1 aromatic rings. The van der Waals surface area contributed by atoms with E-state index in [1.54, 1.807) is 7.11 Å². The van der Waals surface area contributed by atoms with Gasteiger partial charge in [0.25, 0.3) is 0 Å². The third-order valence-electron chi connectivity index (χ3n) is 3.76. The maximum atomic E-state index is 5.50. The van der Waals surface area contributed by atoms with E-state index >= 15 is 0 Å². The number of ether oxygens (including phenoxy) is 2. The standard InChI is InChI=1S/C15H23NO2/c1-3-18-14-6-4-13(5-7-14)15(12-17-2)8-10-16-11-9-15/h4-7,16H,3,8-12H2,1-2H3. The summed E-state index contributed by atoms with van der Waals surface area (Å²) in [6.45, 7) is 5.65. The summed E-state index contributed by atoms with van der Waals surface area (Å²) in [6.07, 6.45) is 2.27. The molecule has 0 aromatic heterocycles. The topological polar surface area (TPSA) is 30.5 Å². The van der Waals surface area contributed by atoms with Crippen LogP contribution in [0.15, 0.2) is 24.3 Å². The summed E-state index contributed by atoms with van der Waals surface area (Å²) >= 11 is 0. The van der Waals surface area contributed by atoms with Crippen LogP contribution in [0.1, 0.15) is 25.3 Å². The van der Waals surface area contributed by atoms with Gasteiger partial charge in [-0.3, -0.25) is 0 Å². The molecule has 0 unspecified atom stereocenters. The normalized spacial score (nSPS) is 18.6. The summed E-state index contributed by atoms with van der Waals surface area (Å²) < 4.78 is 11.0. The maximum Gasteiger partial charge on any atom is 0.119 e. The number of benzene rings is 1. The van der Waals surface area contributed by atoms with E-state index in [9.17, 15) is 0 Å². The van der Waals surface area contributed by atoms with E-state index in [2.05, 4.69) is 29.6 Å². The second-order valence-electron chi connectivity index (χ2n) is 4.92. The van der Waals surface area contributed by atoms with Crippen LogP contribution in [0, 0.1) is 0 Å². The molecule has 1 N–H and O–H groups in total. The molecule has 0 radical (unpaired) electrons. The number of hydrogen-bond acceptors (Lipinski definition) is 3. The lowest BCUT2D eigenvalue weighted by Crippen LogP contribution is -2.42. The van der Waals surface area contributed by atoms with Crippen molar-refractivity contribution in [1.29, 1.82) is 0 Å². The largest absolute Gasteiger partial charge is 0.494 e. The number of hydrogen-bond donors (Lipinski definition) is 1. The van der Waals surface area contributed by atoms with Crippen molar-refractivity contribution >= 4 is 0 Å². The lowest BCUT2D eigenvalue weighted by Gasteiger charge is -2.37. The summed E-state index contributed by atoms with van der Waals surface area (Å²) in [5.41, 5.74) is 1.54. The van der Waals surface area contributed by atoms with E-state index in [0.29, 0.717) is 6.61 Å². The Morgan fingerprint density at radius 3 is 2.39 bits per heavy atom. The molecule has 100 valence electrons. The second kappa shape index (κ2) is 6.21. The van der Waals surface area contributed by atoms with Crippen LogP contribution in [0.25, 0.3) is 0 Å². The third kappa shape index (κ3) is 2.85. The molecule has 0 bridgehead atoms. The quantitative estimate of drug-likeness (QED) is 0.869. The molecule has 1 aliphatic heterocycles. The van der Waals surface area contributed by atoms with Gasteiger partial charge in [0.15, 0.2) is 0 Å². The number of rotatable bonds is 5. The Morgan fingerprint density at radius 1 is 1.17 bits per heavy atom. The Hall–Kier alpha value is -1.06. The van der Waals surface area contributed by atoms with Gasteiger partial charge in [-0.25, -0.2) is 0 Å². The Kier molecular flexibility index (Phi) is 4.61. The number of methoxy groups -OCH3 is 1. The molecule has 1 saturated heterocycles. The Balaban J connectivity index is 2.19. The minimum atomic E-state index is 0.171. The molecule has 1 aromatic carbocycles. The molecule has 0 spiro atoms. The Morgan fingerprint density at radius 2 is 1.83 bits per heavy atom. The Bertz CT molecular complexity index is 350. The van der Waals surface area contributed by atoms with Gasteiger partial charge in [0, 0.05) is 12.5 Å². The molecular weight excluding hydrogens is 226 g/mol. The van der Waals surface area contributed by atoms with Gasteiger partial charge in [-0.2, -0.15) is 0 Å². The summed E-state index contributed by atoms with van der Waals surface area (Å²) in [7, 11) is 1.79. The predicted octanol–water partition coefficient (Wildman–Crippen LogP) is 2.35. The monoisotopic (exact) mass is 249 g/mol. The van der Waals surface area contributed by atoms with Crippen LogP contribution >= 0.6 is 0 Å². The van der Waals surface area contributed by atoms with Gasteiger partial charge in [-0.05, 0) is 50.6 Å². The molecule has 1 aliphatic rings. The highest BCUT2D eigenvalue weighted by atomic mass is 16.5. The molecule has 3 heteroatoms. The van der Waals surface area contributed by atoms with Crippen LogP contribution in [-0.4, -0.2) is 33.4 Å². The zero-order valence-electron chi connectivity index (χ0n) is 11.4. The zero-order valence-corrected chi connectivity index (χ0v) is 11.4. The highest BCUT2D eigenvalue weighted by Gasteiger charge is 2.33. The van der Waals surface area contributed by atoms with Crippen LogP contribution in [0.5, 0.6) is 5.75 Å². The van der Waals surface area contributed by atoms with Crippen molar-refractivity contribution in [3.05, 3.63) is 29.8 Å². The van der Waals surface area contributed by atoms with E-state index in [4.69, 9.17) is 9.47 Å². The van der Waals surface area contributed by atoms with Crippen molar-refractivity contribution in [1.82, 2.24) is 5.32 Å². The SMILES string of the molecule is CCOc1ccc(C2(COC)CCNCC2)cc1.